The zero-order valence-corrected chi connectivity index (χ0v) is 12.5. The van der Waals surface area contributed by atoms with Crippen LogP contribution < -0.4 is 33.2 Å². The van der Waals surface area contributed by atoms with Gasteiger partial charge in [-0.05, 0) is 58.4 Å². The monoisotopic (exact) mass is 288 g/mol. The summed E-state index contributed by atoms with van der Waals surface area (Å²) >= 11 is 0. The molecule has 0 aromatic heterocycles. The highest BCUT2D eigenvalue weighted by atomic mass is 16.2. The fourth-order valence-corrected chi connectivity index (χ4v) is 1.64. The third-order valence-corrected chi connectivity index (χ3v) is 2.94. The number of amides is 1. The fraction of sp³-hybridized carbons (Fsp3) is 0.923. The molecule has 0 unspecified atom stereocenters. The summed E-state index contributed by atoms with van der Waals surface area (Å²) in [5.41, 5.74) is 16.2. The summed E-state index contributed by atoms with van der Waals surface area (Å²) in [7, 11) is 0. The Hall–Kier alpha value is -0.730. The van der Waals surface area contributed by atoms with Gasteiger partial charge in [-0.15, -0.1) is 0 Å². The number of nitrogens with two attached hydrogens (primary N) is 3. The topological polar surface area (TPSA) is 131 Å². The van der Waals surface area contributed by atoms with Crippen molar-refractivity contribution in [3.63, 3.8) is 0 Å². The van der Waals surface area contributed by atoms with Gasteiger partial charge in [0.1, 0.15) is 0 Å². The third-order valence-electron chi connectivity index (χ3n) is 2.94. The van der Waals surface area contributed by atoms with E-state index >= 15 is 0 Å². The number of unbranched alkanes of at least 4 members (excludes halogenated alkanes) is 1. The van der Waals surface area contributed by atoms with Gasteiger partial charge in [-0.3, -0.25) is 4.79 Å². The predicted octanol–water partition coefficient (Wildman–Crippen LogP) is -1.91. The molecule has 0 saturated heterocycles. The summed E-state index contributed by atoms with van der Waals surface area (Å²) in [5, 5.41) is 9.46. The Bertz CT molecular complexity index is 227. The molecule has 120 valence electrons. The molecule has 1 atom stereocenters. The SMILES string of the molecule is NCCCNCCCCNCCCNC(=O)[C@@H](N)CN. The summed E-state index contributed by atoms with van der Waals surface area (Å²) in [6.07, 6.45) is 4.26. The average molecular weight is 288 g/mol. The van der Waals surface area contributed by atoms with Crippen molar-refractivity contribution in [2.75, 3.05) is 45.8 Å². The Labute approximate surface area is 122 Å². The lowest BCUT2D eigenvalue weighted by Crippen LogP contribution is -2.45. The summed E-state index contributed by atoms with van der Waals surface area (Å²) in [6.45, 7) is 5.54. The lowest BCUT2D eigenvalue weighted by Gasteiger charge is -2.10. The predicted molar refractivity (Wildman–Crippen MR) is 83.3 cm³/mol. The van der Waals surface area contributed by atoms with E-state index in [0.29, 0.717) is 6.54 Å². The van der Waals surface area contributed by atoms with E-state index in [2.05, 4.69) is 16.0 Å². The standard InChI is InChI=1S/C13H32N6O/c14-5-3-8-17-6-1-2-7-18-9-4-10-19-13(20)12(16)11-15/h12,17-18H,1-11,14-16H2,(H,19,20)/t12-/m0/s1. The van der Waals surface area contributed by atoms with Crippen LogP contribution >= 0.6 is 0 Å². The Morgan fingerprint density at radius 1 is 0.850 bits per heavy atom. The zero-order valence-electron chi connectivity index (χ0n) is 12.5. The van der Waals surface area contributed by atoms with E-state index in [1.165, 1.54) is 6.42 Å². The van der Waals surface area contributed by atoms with E-state index < -0.39 is 6.04 Å². The second-order valence-corrected chi connectivity index (χ2v) is 4.84. The molecule has 9 N–H and O–H groups in total. The van der Waals surface area contributed by atoms with E-state index in [-0.39, 0.29) is 12.5 Å². The number of nitrogens with one attached hydrogen (secondary N) is 3. The molecule has 0 radical (unpaired) electrons. The lowest BCUT2D eigenvalue weighted by atomic mass is 10.3. The molecular formula is C13H32N6O. The maximum atomic E-state index is 11.3. The minimum Gasteiger partial charge on any atom is -0.355 e. The second-order valence-electron chi connectivity index (χ2n) is 4.84. The van der Waals surface area contributed by atoms with Crippen molar-refractivity contribution in [2.45, 2.75) is 31.7 Å². The van der Waals surface area contributed by atoms with Crippen molar-refractivity contribution in [3.8, 4) is 0 Å². The minimum absolute atomic E-state index is 0.170. The summed E-state index contributed by atoms with van der Waals surface area (Å²) in [6, 6.07) is -0.588. The Morgan fingerprint density at radius 3 is 1.95 bits per heavy atom. The van der Waals surface area contributed by atoms with Gasteiger partial charge < -0.3 is 33.2 Å². The summed E-state index contributed by atoms with van der Waals surface area (Å²) in [4.78, 5) is 11.3. The fourth-order valence-electron chi connectivity index (χ4n) is 1.64. The van der Waals surface area contributed by atoms with Crippen molar-refractivity contribution < 1.29 is 4.79 Å². The molecule has 1 amide bonds. The van der Waals surface area contributed by atoms with Crippen LogP contribution in [-0.2, 0) is 4.79 Å². The van der Waals surface area contributed by atoms with E-state index in [4.69, 9.17) is 17.2 Å². The molecule has 0 aliphatic heterocycles. The van der Waals surface area contributed by atoms with E-state index in [9.17, 15) is 4.79 Å². The summed E-state index contributed by atoms with van der Waals surface area (Å²) in [5.74, 6) is -0.170. The van der Waals surface area contributed by atoms with Gasteiger partial charge >= 0.3 is 0 Å². The van der Waals surface area contributed by atoms with Crippen molar-refractivity contribution in [1.29, 1.82) is 0 Å². The molecule has 7 heteroatoms. The molecule has 0 spiro atoms. The van der Waals surface area contributed by atoms with Crippen LogP contribution in [0.25, 0.3) is 0 Å². The van der Waals surface area contributed by atoms with Crippen molar-refractivity contribution in [1.82, 2.24) is 16.0 Å². The van der Waals surface area contributed by atoms with Crippen LogP contribution in [0.4, 0.5) is 0 Å². The molecular weight excluding hydrogens is 256 g/mol. The van der Waals surface area contributed by atoms with Crippen LogP contribution in [0.2, 0.25) is 0 Å². The lowest BCUT2D eigenvalue weighted by molar-refractivity contribution is -0.122. The van der Waals surface area contributed by atoms with Gasteiger partial charge in [0.25, 0.3) is 0 Å². The molecule has 7 nitrogen and oxygen atoms in total. The molecule has 0 rings (SSSR count). The first-order valence-corrected chi connectivity index (χ1v) is 7.57. The van der Waals surface area contributed by atoms with Crippen LogP contribution in [0.15, 0.2) is 0 Å². The molecule has 0 fully saturated rings. The maximum absolute atomic E-state index is 11.3. The van der Waals surface area contributed by atoms with Gasteiger partial charge in [0.15, 0.2) is 0 Å². The Morgan fingerprint density at radius 2 is 1.40 bits per heavy atom. The van der Waals surface area contributed by atoms with Crippen LogP contribution in [0.5, 0.6) is 0 Å². The minimum atomic E-state index is -0.588. The van der Waals surface area contributed by atoms with E-state index in [1.807, 2.05) is 0 Å². The van der Waals surface area contributed by atoms with Crippen molar-refractivity contribution >= 4 is 5.91 Å². The van der Waals surface area contributed by atoms with Gasteiger partial charge in [-0.1, -0.05) is 0 Å². The molecule has 0 aliphatic carbocycles. The first-order chi connectivity index (χ1) is 9.72. The Balaban J connectivity index is 3.11. The van der Waals surface area contributed by atoms with Crippen molar-refractivity contribution in [2.24, 2.45) is 17.2 Å². The number of carbonyl (C=O) groups excluding carboxylic acids is 1. The summed E-state index contributed by atoms with van der Waals surface area (Å²) < 4.78 is 0. The maximum Gasteiger partial charge on any atom is 0.238 e. The van der Waals surface area contributed by atoms with E-state index in [0.717, 1.165) is 52.0 Å². The van der Waals surface area contributed by atoms with Crippen LogP contribution in [0.1, 0.15) is 25.7 Å². The highest BCUT2D eigenvalue weighted by Crippen LogP contribution is 1.85. The number of rotatable bonds is 14. The van der Waals surface area contributed by atoms with Crippen LogP contribution in [0, 0.1) is 0 Å². The molecule has 20 heavy (non-hydrogen) atoms. The molecule has 0 saturated carbocycles. The third kappa shape index (κ3) is 12.3. The van der Waals surface area contributed by atoms with Gasteiger partial charge in [0.05, 0.1) is 6.04 Å². The van der Waals surface area contributed by atoms with Crippen molar-refractivity contribution in [3.05, 3.63) is 0 Å². The number of hydrogen-bond acceptors (Lipinski definition) is 6. The van der Waals surface area contributed by atoms with Gasteiger partial charge in [-0.25, -0.2) is 0 Å². The highest BCUT2D eigenvalue weighted by Gasteiger charge is 2.09. The average Bonchev–Trinajstić information content (AvgIpc) is 2.47. The van der Waals surface area contributed by atoms with Gasteiger partial charge in [0, 0.05) is 13.1 Å². The molecule has 0 aromatic rings. The number of carbonyl (C=O) groups is 1. The first-order valence-electron chi connectivity index (χ1n) is 7.57. The molecule has 0 aromatic carbocycles. The first kappa shape index (κ1) is 19.3. The Kier molecular flexibility index (Phi) is 14.1. The van der Waals surface area contributed by atoms with Gasteiger partial charge in [-0.2, -0.15) is 0 Å². The smallest absolute Gasteiger partial charge is 0.238 e. The molecule has 0 aliphatic rings. The molecule has 0 bridgehead atoms. The normalized spacial score (nSPS) is 12.3. The molecule has 0 heterocycles. The van der Waals surface area contributed by atoms with Crippen LogP contribution in [0.3, 0.4) is 0 Å². The highest BCUT2D eigenvalue weighted by molar-refractivity contribution is 5.81. The largest absolute Gasteiger partial charge is 0.355 e. The zero-order chi connectivity index (χ0) is 15.1. The van der Waals surface area contributed by atoms with E-state index in [1.54, 1.807) is 0 Å². The quantitative estimate of drug-likeness (QED) is 0.207. The van der Waals surface area contributed by atoms with Gasteiger partial charge in [0.2, 0.25) is 5.91 Å². The van der Waals surface area contributed by atoms with Crippen LogP contribution in [-0.4, -0.2) is 57.8 Å². The number of hydrogen-bond donors (Lipinski definition) is 6. The second kappa shape index (κ2) is 14.7.